The molecule has 0 spiro atoms. The Morgan fingerprint density at radius 2 is 1.86 bits per heavy atom. The van der Waals surface area contributed by atoms with Crippen LogP contribution in [0.2, 0.25) is 0 Å². The molecule has 1 unspecified atom stereocenters. The second kappa shape index (κ2) is 7.62. The van der Waals surface area contributed by atoms with Gasteiger partial charge in [0, 0.05) is 24.8 Å². The Morgan fingerprint density at radius 1 is 1.10 bits per heavy atom. The number of hydrogen-bond acceptors (Lipinski definition) is 4. The van der Waals surface area contributed by atoms with Crippen molar-refractivity contribution in [3.8, 4) is 0 Å². The van der Waals surface area contributed by atoms with E-state index in [9.17, 15) is 0 Å². The minimum Gasteiger partial charge on any atom is -0.370 e. The van der Waals surface area contributed by atoms with Crippen LogP contribution in [0.15, 0.2) is 36.4 Å². The summed E-state index contributed by atoms with van der Waals surface area (Å²) in [5.41, 5.74) is 2.35. The average Bonchev–Trinajstić information content (AvgIpc) is 2.48. The van der Waals surface area contributed by atoms with Crippen molar-refractivity contribution >= 4 is 11.8 Å². The number of rotatable bonds is 7. The van der Waals surface area contributed by atoms with Gasteiger partial charge in [0.15, 0.2) is 0 Å². The van der Waals surface area contributed by atoms with E-state index in [0.717, 1.165) is 31.0 Å². The first-order valence-corrected chi connectivity index (χ1v) is 7.57. The second-order valence-corrected chi connectivity index (χ2v) is 5.28. The zero-order chi connectivity index (χ0) is 15.1. The molecular weight excluding hydrogens is 260 g/mol. The molecule has 2 aromatic rings. The lowest BCUT2D eigenvalue weighted by molar-refractivity contribution is 0.704. The van der Waals surface area contributed by atoms with E-state index in [1.54, 1.807) is 0 Å². The summed E-state index contributed by atoms with van der Waals surface area (Å²) >= 11 is 0. The molecule has 2 N–H and O–H groups in total. The molecule has 0 amide bonds. The first-order chi connectivity index (χ1) is 10.2. The number of nitrogens with one attached hydrogen (secondary N) is 2. The van der Waals surface area contributed by atoms with E-state index < -0.39 is 0 Å². The molecule has 4 nitrogen and oxygen atoms in total. The first kappa shape index (κ1) is 15.3. The highest BCUT2D eigenvalue weighted by molar-refractivity contribution is 5.42. The predicted molar refractivity (Wildman–Crippen MR) is 88.9 cm³/mol. The lowest BCUT2D eigenvalue weighted by Gasteiger charge is -2.13. The summed E-state index contributed by atoms with van der Waals surface area (Å²) in [4.78, 5) is 8.81. The molecule has 1 heterocycles. The molecule has 1 aromatic heterocycles. The molecule has 0 aliphatic rings. The van der Waals surface area contributed by atoms with Crippen LogP contribution < -0.4 is 10.6 Å². The van der Waals surface area contributed by atoms with Crippen molar-refractivity contribution in [2.24, 2.45) is 0 Å². The fourth-order valence-electron chi connectivity index (χ4n) is 2.26. The summed E-state index contributed by atoms with van der Waals surface area (Å²) in [6, 6.07) is 12.6. The van der Waals surface area contributed by atoms with Crippen LogP contribution in [0.25, 0.3) is 0 Å². The van der Waals surface area contributed by atoms with Crippen molar-refractivity contribution in [3.05, 3.63) is 47.7 Å². The summed E-state index contributed by atoms with van der Waals surface area (Å²) in [5.74, 6) is 2.12. The second-order valence-electron chi connectivity index (χ2n) is 5.28. The van der Waals surface area contributed by atoms with Gasteiger partial charge in [0.2, 0.25) is 5.95 Å². The van der Waals surface area contributed by atoms with Crippen LogP contribution in [-0.4, -0.2) is 23.1 Å². The maximum atomic E-state index is 4.46. The van der Waals surface area contributed by atoms with E-state index in [2.05, 4.69) is 57.9 Å². The molecule has 0 aliphatic carbocycles. The fourth-order valence-corrected chi connectivity index (χ4v) is 2.26. The van der Waals surface area contributed by atoms with Crippen LogP contribution in [0.5, 0.6) is 0 Å². The predicted octanol–water partition coefficient (Wildman–Crippen LogP) is 3.82. The molecule has 0 saturated carbocycles. The van der Waals surface area contributed by atoms with E-state index in [0.29, 0.717) is 11.9 Å². The number of aromatic nitrogens is 2. The van der Waals surface area contributed by atoms with Gasteiger partial charge in [-0.25, -0.2) is 4.98 Å². The number of nitrogens with zero attached hydrogens (tertiary/aromatic N) is 2. The largest absolute Gasteiger partial charge is 0.370 e. The summed E-state index contributed by atoms with van der Waals surface area (Å²) in [6.07, 6.45) is 1.07. The van der Waals surface area contributed by atoms with Crippen LogP contribution in [0.3, 0.4) is 0 Å². The normalized spacial score (nSPS) is 12.0. The molecule has 0 radical (unpaired) electrons. The maximum Gasteiger partial charge on any atom is 0.224 e. The van der Waals surface area contributed by atoms with Crippen LogP contribution in [0, 0.1) is 6.92 Å². The fraction of sp³-hybridized carbons (Fsp3) is 0.412. The van der Waals surface area contributed by atoms with Crippen LogP contribution in [0.1, 0.15) is 37.4 Å². The Morgan fingerprint density at radius 3 is 2.57 bits per heavy atom. The third kappa shape index (κ3) is 4.74. The van der Waals surface area contributed by atoms with Gasteiger partial charge in [0.05, 0.1) is 0 Å². The molecule has 4 heteroatoms. The van der Waals surface area contributed by atoms with E-state index in [-0.39, 0.29) is 0 Å². The van der Waals surface area contributed by atoms with Gasteiger partial charge in [-0.2, -0.15) is 4.98 Å². The molecule has 112 valence electrons. The molecule has 0 aliphatic heterocycles. The molecule has 0 saturated heterocycles. The monoisotopic (exact) mass is 284 g/mol. The van der Waals surface area contributed by atoms with Crippen molar-refractivity contribution in [3.63, 3.8) is 0 Å². The van der Waals surface area contributed by atoms with Gasteiger partial charge in [-0.05, 0) is 31.7 Å². The van der Waals surface area contributed by atoms with E-state index in [1.807, 2.05) is 19.9 Å². The number of hydrogen-bond donors (Lipinski definition) is 2. The Kier molecular flexibility index (Phi) is 5.55. The van der Waals surface area contributed by atoms with Gasteiger partial charge in [0.25, 0.3) is 0 Å². The molecule has 0 fully saturated rings. The molecular formula is C17H24N4. The highest BCUT2D eigenvalue weighted by Crippen LogP contribution is 2.18. The standard InChI is InChI=1S/C17H24N4/c1-4-18-17-20-14(3)12-16(21-17)19-11-10-13(2)15-8-6-5-7-9-15/h5-9,12-13H,4,10-11H2,1-3H3,(H2,18,19,20,21). The molecule has 1 aromatic carbocycles. The van der Waals surface area contributed by atoms with Crippen molar-refractivity contribution < 1.29 is 0 Å². The Balaban J connectivity index is 1.88. The minimum atomic E-state index is 0.537. The number of aryl methyl sites for hydroxylation is 1. The third-order valence-corrected chi connectivity index (χ3v) is 3.44. The summed E-state index contributed by atoms with van der Waals surface area (Å²) in [5, 5.41) is 6.55. The van der Waals surface area contributed by atoms with E-state index in [1.165, 1.54) is 5.56 Å². The lowest BCUT2D eigenvalue weighted by Crippen LogP contribution is -2.10. The molecule has 0 bridgehead atoms. The third-order valence-electron chi connectivity index (χ3n) is 3.44. The van der Waals surface area contributed by atoms with Gasteiger partial charge in [-0.1, -0.05) is 37.3 Å². The highest BCUT2D eigenvalue weighted by Gasteiger charge is 2.05. The van der Waals surface area contributed by atoms with Gasteiger partial charge in [0.1, 0.15) is 5.82 Å². The summed E-state index contributed by atoms with van der Waals surface area (Å²) in [6.45, 7) is 8.01. The van der Waals surface area contributed by atoms with Gasteiger partial charge in [-0.15, -0.1) is 0 Å². The van der Waals surface area contributed by atoms with Crippen LogP contribution >= 0.6 is 0 Å². The van der Waals surface area contributed by atoms with E-state index in [4.69, 9.17) is 0 Å². The zero-order valence-corrected chi connectivity index (χ0v) is 13.1. The van der Waals surface area contributed by atoms with Crippen LogP contribution in [-0.2, 0) is 0 Å². The topological polar surface area (TPSA) is 49.8 Å². The van der Waals surface area contributed by atoms with Gasteiger partial charge >= 0.3 is 0 Å². The quantitative estimate of drug-likeness (QED) is 0.811. The van der Waals surface area contributed by atoms with Crippen molar-refractivity contribution in [1.82, 2.24) is 9.97 Å². The molecule has 2 rings (SSSR count). The Bertz CT molecular complexity index is 554. The smallest absolute Gasteiger partial charge is 0.224 e. The lowest BCUT2D eigenvalue weighted by atomic mass is 9.98. The summed E-state index contributed by atoms with van der Waals surface area (Å²) < 4.78 is 0. The highest BCUT2D eigenvalue weighted by atomic mass is 15.1. The number of anilines is 2. The Labute approximate surface area is 127 Å². The van der Waals surface area contributed by atoms with Crippen molar-refractivity contribution in [1.29, 1.82) is 0 Å². The Hall–Kier alpha value is -2.10. The van der Waals surface area contributed by atoms with Crippen molar-refractivity contribution in [2.45, 2.75) is 33.1 Å². The van der Waals surface area contributed by atoms with Gasteiger partial charge < -0.3 is 10.6 Å². The van der Waals surface area contributed by atoms with Crippen molar-refractivity contribution in [2.75, 3.05) is 23.7 Å². The first-order valence-electron chi connectivity index (χ1n) is 7.57. The minimum absolute atomic E-state index is 0.537. The van der Waals surface area contributed by atoms with Gasteiger partial charge in [-0.3, -0.25) is 0 Å². The summed E-state index contributed by atoms with van der Waals surface area (Å²) in [7, 11) is 0. The molecule has 21 heavy (non-hydrogen) atoms. The SMILES string of the molecule is CCNc1nc(C)cc(NCCC(C)c2ccccc2)n1. The maximum absolute atomic E-state index is 4.46. The number of benzene rings is 1. The van der Waals surface area contributed by atoms with E-state index >= 15 is 0 Å². The molecule has 1 atom stereocenters. The average molecular weight is 284 g/mol. The van der Waals surface area contributed by atoms with Crippen LogP contribution in [0.4, 0.5) is 11.8 Å². The zero-order valence-electron chi connectivity index (χ0n) is 13.1.